The van der Waals surface area contributed by atoms with E-state index in [1.54, 1.807) is 4.90 Å². The van der Waals surface area contributed by atoms with Crippen LogP contribution in [0, 0.1) is 13.8 Å². The normalized spacial score (nSPS) is 11.6. The van der Waals surface area contributed by atoms with E-state index in [0.717, 1.165) is 27.8 Å². The van der Waals surface area contributed by atoms with Gasteiger partial charge in [0.05, 0.1) is 6.42 Å². The zero-order chi connectivity index (χ0) is 23.8. The Bertz CT molecular complexity index is 1080. The van der Waals surface area contributed by atoms with Gasteiger partial charge in [-0.15, -0.1) is 0 Å². The van der Waals surface area contributed by atoms with Crippen LogP contribution in [0.3, 0.4) is 0 Å². The maximum atomic E-state index is 13.7. The third kappa shape index (κ3) is 6.93. The molecule has 4 nitrogen and oxygen atoms in total. The number of nitrogens with zero attached hydrogens (tertiary/aromatic N) is 1. The second-order valence-electron chi connectivity index (χ2n) is 8.35. The fourth-order valence-electron chi connectivity index (χ4n) is 3.89. The van der Waals surface area contributed by atoms with E-state index in [2.05, 4.69) is 5.32 Å². The first-order valence-electron chi connectivity index (χ1n) is 11.3. The molecule has 1 N–H and O–H groups in total. The number of hydrogen-bond acceptors (Lipinski definition) is 2. The van der Waals surface area contributed by atoms with Gasteiger partial charge in [0.15, 0.2) is 0 Å². The molecule has 172 valence electrons. The van der Waals surface area contributed by atoms with E-state index in [1.807, 2.05) is 93.6 Å². The van der Waals surface area contributed by atoms with Crippen molar-refractivity contribution in [3.63, 3.8) is 0 Å². The molecule has 0 aromatic heterocycles. The Morgan fingerprint density at radius 2 is 1.64 bits per heavy atom. The van der Waals surface area contributed by atoms with Gasteiger partial charge in [-0.2, -0.15) is 0 Å². The highest BCUT2D eigenvalue weighted by Gasteiger charge is 2.30. The summed E-state index contributed by atoms with van der Waals surface area (Å²) in [6.45, 7) is 6.75. The molecule has 0 saturated carbocycles. The topological polar surface area (TPSA) is 49.4 Å². The van der Waals surface area contributed by atoms with Crippen molar-refractivity contribution in [1.29, 1.82) is 0 Å². The number of aryl methyl sites for hydroxylation is 2. The third-order valence-corrected chi connectivity index (χ3v) is 5.99. The van der Waals surface area contributed by atoms with Gasteiger partial charge in [-0.1, -0.05) is 77.8 Å². The highest BCUT2D eigenvalue weighted by Crippen LogP contribution is 2.19. The Hall–Kier alpha value is -3.11. The van der Waals surface area contributed by atoms with Crippen LogP contribution in [0.5, 0.6) is 0 Å². The van der Waals surface area contributed by atoms with Crippen molar-refractivity contribution in [2.75, 3.05) is 6.54 Å². The van der Waals surface area contributed by atoms with Crippen LogP contribution < -0.4 is 5.32 Å². The highest BCUT2D eigenvalue weighted by molar-refractivity contribution is 6.30. The van der Waals surface area contributed by atoms with Crippen LogP contribution in [-0.4, -0.2) is 29.3 Å². The molecule has 0 saturated heterocycles. The predicted molar refractivity (Wildman–Crippen MR) is 134 cm³/mol. The van der Waals surface area contributed by atoms with Crippen molar-refractivity contribution in [3.8, 4) is 0 Å². The molecule has 0 aliphatic heterocycles. The summed E-state index contributed by atoms with van der Waals surface area (Å²) in [7, 11) is 0. The molecule has 1 unspecified atom stereocenters. The number of carbonyl (C=O) groups excluding carboxylic acids is 2. The van der Waals surface area contributed by atoms with Gasteiger partial charge in [0.1, 0.15) is 6.04 Å². The minimum absolute atomic E-state index is 0.0779. The first-order valence-corrected chi connectivity index (χ1v) is 11.7. The zero-order valence-corrected chi connectivity index (χ0v) is 20.2. The van der Waals surface area contributed by atoms with Crippen molar-refractivity contribution in [1.82, 2.24) is 10.2 Å². The number of amides is 2. The van der Waals surface area contributed by atoms with Crippen LogP contribution in [0.15, 0.2) is 72.8 Å². The molecule has 0 heterocycles. The number of likely N-dealkylation sites (N-methyl/N-ethyl adjacent to an activating group) is 1. The fourth-order valence-corrected chi connectivity index (χ4v) is 4.01. The van der Waals surface area contributed by atoms with E-state index in [4.69, 9.17) is 11.6 Å². The van der Waals surface area contributed by atoms with E-state index in [9.17, 15) is 9.59 Å². The average molecular weight is 463 g/mol. The van der Waals surface area contributed by atoms with Crippen LogP contribution in [0.4, 0.5) is 0 Å². The minimum Gasteiger partial charge on any atom is -0.355 e. The number of benzene rings is 3. The summed E-state index contributed by atoms with van der Waals surface area (Å²) in [5.41, 5.74) is 5.09. The van der Waals surface area contributed by atoms with Crippen molar-refractivity contribution >= 4 is 23.4 Å². The van der Waals surface area contributed by atoms with Gasteiger partial charge in [-0.3, -0.25) is 9.59 Å². The second kappa shape index (κ2) is 11.7. The molecule has 0 spiro atoms. The Labute approximate surface area is 201 Å². The van der Waals surface area contributed by atoms with E-state index in [1.165, 1.54) is 0 Å². The number of carbonyl (C=O) groups is 2. The number of hydrogen-bond donors (Lipinski definition) is 1. The van der Waals surface area contributed by atoms with Crippen LogP contribution in [0.25, 0.3) is 0 Å². The molecule has 3 aromatic rings. The number of rotatable bonds is 9. The van der Waals surface area contributed by atoms with Crippen molar-refractivity contribution in [2.24, 2.45) is 0 Å². The summed E-state index contributed by atoms with van der Waals surface area (Å²) >= 11 is 6.07. The van der Waals surface area contributed by atoms with Gasteiger partial charge in [0.25, 0.3) is 0 Å². The van der Waals surface area contributed by atoms with Crippen LogP contribution in [0.1, 0.15) is 34.7 Å². The zero-order valence-electron chi connectivity index (χ0n) is 19.5. The second-order valence-corrected chi connectivity index (χ2v) is 8.79. The van der Waals surface area contributed by atoms with Crippen molar-refractivity contribution in [2.45, 2.75) is 46.2 Å². The Kier molecular flexibility index (Phi) is 8.67. The molecular formula is C28H31ClN2O2. The van der Waals surface area contributed by atoms with Gasteiger partial charge in [-0.25, -0.2) is 0 Å². The van der Waals surface area contributed by atoms with Gasteiger partial charge in [-0.05, 0) is 55.2 Å². The molecule has 2 amide bonds. The van der Waals surface area contributed by atoms with E-state index < -0.39 is 6.04 Å². The van der Waals surface area contributed by atoms with Crippen LogP contribution >= 0.6 is 11.6 Å². The smallest absolute Gasteiger partial charge is 0.243 e. The van der Waals surface area contributed by atoms with Gasteiger partial charge < -0.3 is 10.2 Å². The van der Waals surface area contributed by atoms with Gasteiger partial charge in [0, 0.05) is 24.5 Å². The SMILES string of the molecule is CCNC(=O)C(Cc1ccccc1)N(Cc1ccc(Cl)cc1)C(=O)Cc1cc(C)ccc1C. The summed E-state index contributed by atoms with van der Waals surface area (Å²) < 4.78 is 0. The minimum atomic E-state index is -0.624. The lowest BCUT2D eigenvalue weighted by Crippen LogP contribution is -2.51. The monoisotopic (exact) mass is 462 g/mol. The molecule has 3 rings (SSSR count). The predicted octanol–water partition coefficient (Wildman–Crippen LogP) is 5.28. The lowest BCUT2D eigenvalue weighted by atomic mass is 9.99. The average Bonchev–Trinajstić information content (AvgIpc) is 2.80. The molecule has 0 aliphatic rings. The van der Waals surface area contributed by atoms with Crippen LogP contribution in [0.2, 0.25) is 5.02 Å². The third-order valence-electron chi connectivity index (χ3n) is 5.73. The van der Waals surface area contributed by atoms with Gasteiger partial charge in [0.2, 0.25) is 11.8 Å². The summed E-state index contributed by atoms with van der Waals surface area (Å²) in [5, 5.41) is 3.56. The first-order chi connectivity index (χ1) is 15.9. The largest absolute Gasteiger partial charge is 0.355 e. The number of nitrogens with one attached hydrogen (secondary N) is 1. The molecule has 1 atom stereocenters. The van der Waals surface area contributed by atoms with Crippen LogP contribution in [-0.2, 0) is 29.0 Å². The Morgan fingerprint density at radius 3 is 2.30 bits per heavy atom. The quantitative estimate of drug-likeness (QED) is 0.470. The Morgan fingerprint density at radius 1 is 0.939 bits per heavy atom. The van der Waals surface area contributed by atoms with Crippen molar-refractivity contribution < 1.29 is 9.59 Å². The molecule has 0 aliphatic carbocycles. The molecule has 0 fully saturated rings. The maximum Gasteiger partial charge on any atom is 0.243 e. The summed E-state index contributed by atoms with van der Waals surface area (Å²) in [6, 6.07) is 22.7. The van der Waals surface area contributed by atoms with E-state index in [-0.39, 0.29) is 18.2 Å². The maximum absolute atomic E-state index is 13.7. The molecule has 0 radical (unpaired) electrons. The summed E-state index contributed by atoms with van der Waals surface area (Å²) in [5.74, 6) is -0.226. The standard InChI is InChI=1S/C28H31ClN2O2/c1-4-30-28(33)26(17-22-8-6-5-7-9-22)31(19-23-12-14-25(29)15-13-23)27(32)18-24-16-20(2)10-11-21(24)3/h5-16,26H,4,17-19H2,1-3H3,(H,30,33). The number of halogens is 1. The molecule has 33 heavy (non-hydrogen) atoms. The molecule has 3 aromatic carbocycles. The Balaban J connectivity index is 1.97. The summed E-state index contributed by atoms with van der Waals surface area (Å²) in [6.07, 6.45) is 0.685. The molecule has 0 bridgehead atoms. The highest BCUT2D eigenvalue weighted by atomic mass is 35.5. The summed E-state index contributed by atoms with van der Waals surface area (Å²) in [4.78, 5) is 28.6. The van der Waals surface area contributed by atoms with E-state index in [0.29, 0.717) is 24.5 Å². The lowest BCUT2D eigenvalue weighted by Gasteiger charge is -2.32. The first kappa shape index (κ1) is 24.5. The van der Waals surface area contributed by atoms with Crippen molar-refractivity contribution in [3.05, 3.63) is 106 Å². The fraction of sp³-hybridized carbons (Fsp3) is 0.286. The molecular weight excluding hydrogens is 432 g/mol. The lowest BCUT2D eigenvalue weighted by molar-refractivity contribution is -0.140. The van der Waals surface area contributed by atoms with E-state index >= 15 is 0 Å². The molecule has 5 heteroatoms. The van der Waals surface area contributed by atoms with Gasteiger partial charge >= 0.3 is 0 Å².